The number of nitrogens with zero attached hydrogens (tertiary/aromatic N) is 2. The van der Waals surface area contributed by atoms with Crippen molar-refractivity contribution in [2.75, 3.05) is 7.11 Å². The molecular formula is C18H23N3O2. The number of benzene rings is 1. The van der Waals surface area contributed by atoms with Gasteiger partial charge in [0.25, 0.3) is 5.56 Å². The van der Waals surface area contributed by atoms with E-state index in [0.29, 0.717) is 6.04 Å². The maximum absolute atomic E-state index is 11.9. The predicted molar refractivity (Wildman–Crippen MR) is 89.6 cm³/mol. The molecule has 0 bridgehead atoms. The number of rotatable bonds is 5. The minimum atomic E-state index is -0.00192. The monoisotopic (exact) mass is 313 g/mol. The summed E-state index contributed by atoms with van der Waals surface area (Å²) in [5, 5.41) is 7.82. The van der Waals surface area contributed by atoms with Crippen LogP contribution in [0.1, 0.15) is 37.3 Å². The second kappa shape index (κ2) is 7.42. The molecule has 1 aromatic carbocycles. The van der Waals surface area contributed by atoms with Gasteiger partial charge in [0.05, 0.1) is 13.2 Å². The lowest BCUT2D eigenvalue weighted by Gasteiger charge is -2.29. The zero-order valence-corrected chi connectivity index (χ0v) is 13.4. The fourth-order valence-electron chi connectivity index (χ4n) is 3.27. The quantitative estimate of drug-likeness (QED) is 0.921. The Morgan fingerprint density at radius 1 is 1.17 bits per heavy atom. The van der Waals surface area contributed by atoms with Crippen molar-refractivity contribution in [3.63, 3.8) is 0 Å². The van der Waals surface area contributed by atoms with Crippen LogP contribution in [-0.4, -0.2) is 22.9 Å². The molecule has 1 aliphatic rings. The van der Waals surface area contributed by atoms with Crippen LogP contribution in [0.5, 0.6) is 5.75 Å². The summed E-state index contributed by atoms with van der Waals surface area (Å²) >= 11 is 0. The minimum absolute atomic E-state index is 0.00192. The molecule has 1 heterocycles. The normalized spacial score (nSPS) is 21.1. The van der Waals surface area contributed by atoms with Crippen LogP contribution < -0.4 is 15.6 Å². The first-order valence-corrected chi connectivity index (χ1v) is 8.17. The molecule has 0 amide bonds. The fourth-order valence-corrected chi connectivity index (χ4v) is 3.27. The molecular weight excluding hydrogens is 290 g/mol. The first-order valence-electron chi connectivity index (χ1n) is 8.17. The van der Waals surface area contributed by atoms with E-state index in [1.54, 1.807) is 30.1 Å². The van der Waals surface area contributed by atoms with Crippen molar-refractivity contribution in [1.82, 2.24) is 15.1 Å². The third-order valence-electron chi connectivity index (χ3n) is 4.56. The van der Waals surface area contributed by atoms with Gasteiger partial charge in [0.2, 0.25) is 0 Å². The number of ether oxygens (including phenoxy) is 1. The highest BCUT2D eigenvalue weighted by Crippen LogP contribution is 2.27. The van der Waals surface area contributed by atoms with Crippen molar-refractivity contribution in [3.8, 4) is 5.75 Å². The Balaban J connectivity index is 1.54. The van der Waals surface area contributed by atoms with Crippen molar-refractivity contribution < 1.29 is 4.74 Å². The highest BCUT2D eigenvalue weighted by atomic mass is 16.5. The van der Waals surface area contributed by atoms with Gasteiger partial charge in [-0.25, -0.2) is 4.68 Å². The van der Waals surface area contributed by atoms with E-state index in [4.69, 9.17) is 4.74 Å². The number of para-hydroxylation sites is 1. The van der Waals surface area contributed by atoms with Gasteiger partial charge in [-0.15, -0.1) is 0 Å². The zero-order valence-electron chi connectivity index (χ0n) is 13.4. The molecule has 0 radical (unpaired) electrons. The summed E-state index contributed by atoms with van der Waals surface area (Å²) in [4.78, 5) is 11.9. The minimum Gasteiger partial charge on any atom is -0.496 e. The number of hydrogen-bond donors (Lipinski definition) is 1. The topological polar surface area (TPSA) is 56.1 Å². The summed E-state index contributed by atoms with van der Waals surface area (Å²) < 4.78 is 7.02. The summed E-state index contributed by atoms with van der Waals surface area (Å²) in [6.45, 7) is 0.808. The van der Waals surface area contributed by atoms with Crippen molar-refractivity contribution in [3.05, 3.63) is 58.5 Å². The zero-order chi connectivity index (χ0) is 16.1. The van der Waals surface area contributed by atoms with E-state index in [-0.39, 0.29) is 11.6 Å². The highest BCUT2D eigenvalue weighted by Gasteiger charge is 2.23. The molecule has 1 fully saturated rings. The van der Waals surface area contributed by atoms with Gasteiger partial charge in [0, 0.05) is 30.4 Å². The molecule has 1 saturated carbocycles. The van der Waals surface area contributed by atoms with E-state index in [2.05, 4.69) is 16.5 Å². The van der Waals surface area contributed by atoms with Gasteiger partial charge in [0.15, 0.2) is 0 Å². The van der Waals surface area contributed by atoms with Crippen molar-refractivity contribution >= 4 is 0 Å². The average Bonchev–Trinajstić information content (AvgIpc) is 2.61. The van der Waals surface area contributed by atoms with Crippen LogP contribution in [0.3, 0.4) is 0 Å². The molecule has 23 heavy (non-hydrogen) atoms. The van der Waals surface area contributed by atoms with Crippen LogP contribution in [-0.2, 0) is 6.54 Å². The molecule has 3 rings (SSSR count). The van der Waals surface area contributed by atoms with E-state index in [9.17, 15) is 4.79 Å². The summed E-state index contributed by atoms with van der Waals surface area (Å²) in [6.07, 6.45) is 5.78. The summed E-state index contributed by atoms with van der Waals surface area (Å²) in [6, 6.07) is 12.1. The Morgan fingerprint density at radius 3 is 2.70 bits per heavy atom. The maximum atomic E-state index is 11.9. The molecule has 1 aromatic heterocycles. The van der Waals surface area contributed by atoms with Crippen LogP contribution in [0.15, 0.2) is 47.4 Å². The third-order valence-corrected chi connectivity index (χ3v) is 4.56. The van der Waals surface area contributed by atoms with Crippen LogP contribution >= 0.6 is 0 Å². The lowest BCUT2D eigenvalue weighted by molar-refractivity contribution is 0.268. The predicted octanol–water partition coefficient (Wildman–Crippen LogP) is 2.53. The van der Waals surface area contributed by atoms with Crippen LogP contribution in [0, 0.1) is 0 Å². The third kappa shape index (κ3) is 3.79. The Morgan fingerprint density at radius 2 is 1.96 bits per heavy atom. The average molecular weight is 313 g/mol. The Bertz CT molecular complexity index is 690. The maximum Gasteiger partial charge on any atom is 0.266 e. The van der Waals surface area contributed by atoms with Crippen LogP contribution in [0.25, 0.3) is 0 Å². The summed E-state index contributed by atoms with van der Waals surface area (Å²) in [5.41, 5.74) is 1.18. The van der Waals surface area contributed by atoms with E-state index >= 15 is 0 Å². The lowest BCUT2D eigenvalue weighted by atomic mass is 9.91. The van der Waals surface area contributed by atoms with Crippen LogP contribution in [0.4, 0.5) is 0 Å². The van der Waals surface area contributed by atoms with Gasteiger partial charge >= 0.3 is 0 Å². The molecule has 122 valence electrons. The molecule has 1 N–H and O–H groups in total. The van der Waals surface area contributed by atoms with E-state index in [1.165, 1.54) is 5.56 Å². The second-order valence-electron chi connectivity index (χ2n) is 6.00. The van der Waals surface area contributed by atoms with Gasteiger partial charge in [0.1, 0.15) is 5.75 Å². The largest absolute Gasteiger partial charge is 0.496 e. The number of methoxy groups -OCH3 is 1. The van der Waals surface area contributed by atoms with Gasteiger partial charge in [-0.05, 0) is 37.8 Å². The first kappa shape index (κ1) is 15.7. The van der Waals surface area contributed by atoms with Gasteiger partial charge in [-0.2, -0.15) is 5.10 Å². The van der Waals surface area contributed by atoms with Gasteiger partial charge in [-0.3, -0.25) is 4.79 Å². The van der Waals surface area contributed by atoms with Crippen molar-refractivity contribution in [2.24, 2.45) is 0 Å². The van der Waals surface area contributed by atoms with E-state index < -0.39 is 0 Å². The SMILES string of the molecule is COc1ccccc1CNC1CCC(n2ncccc2=O)CC1. The Kier molecular flexibility index (Phi) is 5.08. The fraction of sp³-hybridized carbons (Fsp3) is 0.444. The number of hydrogen-bond acceptors (Lipinski definition) is 4. The summed E-state index contributed by atoms with van der Waals surface area (Å²) in [7, 11) is 1.70. The molecule has 0 aliphatic heterocycles. The Hall–Kier alpha value is -2.14. The van der Waals surface area contributed by atoms with E-state index in [0.717, 1.165) is 38.0 Å². The molecule has 0 spiro atoms. The molecule has 5 nitrogen and oxygen atoms in total. The van der Waals surface area contributed by atoms with E-state index in [1.807, 2.05) is 18.2 Å². The summed E-state index contributed by atoms with van der Waals surface area (Å²) in [5.74, 6) is 0.925. The molecule has 0 saturated heterocycles. The van der Waals surface area contributed by atoms with Gasteiger partial charge < -0.3 is 10.1 Å². The molecule has 0 atom stereocenters. The van der Waals surface area contributed by atoms with Crippen molar-refractivity contribution in [1.29, 1.82) is 0 Å². The number of aromatic nitrogens is 2. The molecule has 1 aliphatic carbocycles. The smallest absolute Gasteiger partial charge is 0.266 e. The number of nitrogens with one attached hydrogen (secondary N) is 1. The van der Waals surface area contributed by atoms with Gasteiger partial charge in [-0.1, -0.05) is 18.2 Å². The first-order chi connectivity index (χ1) is 11.3. The standard InChI is InChI=1S/C18H23N3O2/c1-23-17-6-3-2-5-14(17)13-19-15-8-10-16(11-9-15)21-18(22)7-4-12-20-21/h2-7,12,15-16,19H,8-11,13H2,1H3. The highest BCUT2D eigenvalue weighted by molar-refractivity contribution is 5.33. The molecule has 2 aromatic rings. The van der Waals surface area contributed by atoms with Crippen LogP contribution in [0.2, 0.25) is 0 Å². The molecule has 0 unspecified atom stereocenters. The lowest BCUT2D eigenvalue weighted by Crippen LogP contribution is -2.36. The molecule has 5 heteroatoms. The second-order valence-corrected chi connectivity index (χ2v) is 6.00. The Labute approximate surface area is 136 Å². The van der Waals surface area contributed by atoms with Crippen molar-refractivity contribution in [2.45, 2.75) is 44.3 Å².